The fourth-order valence-electron chi connectivity index (χ4n) is 2.64. The Morgan fingerprint density at radius 1 is 1.57 bits per heavy atom. The van der Waals surface area contributed by atoms with Crippen molar-refractivity contribution >= 4 is 22.4 Å². The Bertz CT molecular complexity index is 460. The third-order valence-electron chi connectivity index (χ3n) is 3.65. The van der Waals surface area contributed by atoms with Crippen LogP contribution in [-0.2, 0) is 4.79 Å². The molecule has 21 heavy (non-hydrogen) atoms. The Balaban J connectivity index is 1.75. The number of nitrogens with one attached hydrogen (secondary N) is 2. The van der Waals surface area contributed by atoms with E-state index in [9.17, 15) is 4.79 Å². The Hall–Kier alpha value is -0.980. The first-order chi connectivity index (χ1) is 10.0. The van der Waals surface area contributed by atoms with E-state index in [4.69, 9.17) is 0 Å². The molecule has 5 nitrogen and oxygen atoms in total. The molecule has 1 unspecified atom stereocenters. The minimum absolute atomic E-state index is 0.0434. The second kappa shape index (κ2) is 7.87. The lowest BCUT2D eigenvalue weighted by molar-refractivity contribution is -0.117. The van der Waals surface area contributed by atoms with Gasteiger partial charge >= 0.3 is 0 Å². The highest BCUT2D eigenvalue weighted by atomic mass is 32.1. The molecule has 2 N–H and O–H groups in total. The molecule has 1 aromatic rings. The monoisotopic (exact) mass is 310 g/mol. The summed E-state index contributed by atoms with van der Waals surface area (Å²) in [6.45, 7) is 9.81. The number of piperidine rings is 1. The minimum Gasteiger partial charge on any atom is -0.314 e. The average molecular weight is 310 g/mol. The predicted molar refractivity (Wildman–Crippen MR) is 87.8 cm³/mol. The zero-order valence-electron chi connectivity index (χ0n) is 13.2. The van der Waals surface area contributed by atoms with Crippen LogP contribution < -0.4 is 10.6 Å². The summed E-state index contributed by atoms with van der Waals surface area (Å²) in [5.41, 5.74) is 0.952. The van der Waals surface area contributed by atoms with E-state index >= 15 is 0 Å². The smallest absolute Gasteiger partial charge is 0.240 e. The number of carbonyl (C=O) groups excluding carboxylic acids is 1. The molecule has 6 heteroatoms. The van der Waals surface area contributed by atoms with Crippen molar-refractivity contribution in [2.24, 2.45) is 5.92 Å². The summed E-state index contributed by atoms with van der Waals surface area (Å²) < 4.78 is 0. The summed E-state index contributed by atoms with van der Waals surface area (Å²) in [6.07, 6.45) is 2.43. The third-order valence-corrected chi connectivity index (χ3v) is 4.53. The van der Waals surface area contributed by atoms with Crippen molar-refractivity contribution in [3.8, 4) is 0 Å². The molecule has 0 aromatic carbocycles. The number of anilines is 1. The molecule has 2 rings (SSSR count). The maximum atomic E-state index is 12.1. The highest BCUT2D eigenvalue weighted by molar-refractivity contribution is 7.13. The zero-order valence-corrected chi connectivity index (χ0v) is 14.0. The molecule has 0 aliphatic carbocycles. The number of aryl methyl sites for hydroxylation is 1. The summed E-state index contributed by atoms with van der Waals surface area (Å²) in [4.78, 5) is 18.6. The van der Waals surface area contributed by atoms with E-state index < -0.39 is 0 Å². The molecule has 2 heterocycles. The van der Waals surface area contributed by atoms with E-state index in [1.165, 1.54) is 24.2 Å². The number of amides is 1. The maximum Gasteiger partial charge on any atom is 0.240 e. The van der Waals surface area contributed by atoms with Gasteiger partial charge in [0.15, 0.2) is 5.13 Å². The van der Waals surface area contributed by atoms with Crippen LogP contribution in [-0.4, -0.2) is 48.0 Å². The van der Waals surface area contributed by atoms with Crippen molar-refractivity contribution in [2.75, 3.05) is 31.5 Å². The van der Waals surface area contributed by atoms with Gasteiger partial charge in [-0.15, -0.1) is 11.3 Å². The number of carbonyl (C=O) groups is 1. The summed E-state index contributed by atoms with van der Waals surface area (Å²) in [6, 6.07) is 0.525. The van der Waals surface area contributed by atoms with Gasteiger partial charge < -0.3 is 10.6 Å². The minimum atomic E-state index is 0.0434. The lowest BCUT2D eigenvalue weighted by Crippen LogP contribution is -2.43. The van der Waals surface area contributed by atoms with Crippen molar-refractivity contribution in [3.63, 3.8) is 0 Å². The zero-order chi connectivity index (χ0) is 15.2. The van der Waals surface area contributed by atoms with Gasteiger partial charge in [0.25, 0.3) is 0 Å². The second-order valence-corrected chi connectivity index (χ2v) is 7.01. The van der Waals surface area contributed by atoms with Crippen LogP contribution in [0.25, 0.3) is 0 Å². The number of thiazole rings is 1. The molecule has 0 saturated carbocycles. The van der Waals surface area contributed by atoms with Crippen molar-refractivity contribution in [2.45, 2.75) is 39.7 Å². The fraction of sp³-hybridized carbons (Fsp3) is 0.733. The van der Waals surface area contributed by atoms with E-state index in [1.807, 2.05) is 12.3 Å². The standard InChI is InChI=1S/C15H26N4OS/c1-11(2)16-7-13-5-4-6-19(8-13)9-14(20)18-15-17-12(3)10-21-15/h10-11,13,16H,4-9H2,1-3H3,(H,17,18,20). The van der Waals surface area contributed by atoms with E-state index in [2.05, 4.69) is 34.4 Å². The topological polar surface area (TPSA) is 57.3 Å². The molecule has 1 fully saturated rings. The molecular formula is C15H26N4OS. The number of hydrogen-bond donors (Lipinski definition) is 2. The van der Waals surface area contributed by atoms with Crippen LogP contribution in [0.4, 0.5) is 5.13 Å². The second-order valence-electron chi connectivity index (χ2n) is 6.15. The number of rotatable bonds is 6. The fourth-order valence-corrected chi connectivity index (χ4v) is 3.34. The lowest BCUT2D eigenvalue weighted by atomic mass is 9.98. The lowest BCUT2D eigenvalue weighted by Gasteiger charge is -2.32. The van der Waals surface area contributed by atoms with Crippen LogP contribution in [0.2, 0.25) is 0 Å². The number of likely N-dealkylation sites (tertiary alicyclic amines) is 1. The van der Waals surface area contributed by atoms with Crippen LogP contribution >= 0.6 is 11.3 Å². The van der Waals surface area contributed by atoms with Gasteiger partial charge in [-0.1, -0.05) is 13.8 Å². The van der Waals surface area contributed by atoms with Gasteiger partial charge in [-0.05, 0) is 38.8 Å². The number of nitrogens with zero attached hydrogens (tertiary/aromatic N) is 2. The van der Waals surface area contributed by atoms with E-state index in [0.717, 1.165) is 25.3 Å². The van der Waals surface area contributed by atoms with Crippen molar-refractivity contribution < 1.29 is 4.79 Å². The first kappa shape index (κ1) is 16.4. The van der Waals surface area contributed by atoms with Crippen molar-refractivity contribution in [1.82, 2.24) is 15.2 Å². The quantitative estimate of drug-likeness (QED) is 0.845. The third kappa shape index (κ3) is 5.73. The molecular weight excluding hydrogens is 284 g/mol. The van der Waals surface area contributed by atoms with Gasteiger partial charge in [0.2, 0.25) is 5.91 Å². The molecule has 0 radical (unpaired) electrons. The number of aromatic nitrogens is 1. The Morgan fingerprint density at radius 2 is 2.38 bits per heavy atom. The van der Waals surface area contributed by atoms with Crippen LogP contribution in [0.3, 0.4) is 0 Å². The molecule has 1 amide bonds. The first-order valence-corrected chi connectivity index (χ1v) is 8.58. The van der Waals surface area contributed by atoms with Crippen LogP contribution in [0.15, 0.2) is 5.38 Å². The highest BCUT2D eigenvalue weighted by Crippen LogP contribution is 2.17. The normalized spacial score (nSPS) is 19.9. The van der Waals surface area contributed by atoms with Gasteiger partial charge in [-0.25, -0.2) is 4.98 Å². The molecule has 1 aromatic heterocycles. The van der Waals surface area contributed by atoms with Gasteiger partial charge in [-0.2, -0.15) is 0 Å². The van der Waals surface area contributed by atoms with Crippen LogP contribution in [0, 0.1) is 12.8 Å². The van der Waals surface area contributed by atoms with Crippen LogP contribution in [0.5, 0.6) is 0 Å². The summed E-state index contributed by atoms with van der Waals surface area (Å²) in [5.74, 6) is 0.692. The predicted octanol–water partition coefficient (Wildman–Crippen LogP) is 2.10. The molecule has 118 valence electrons. The summed E-state index contributed by atoms with van der Waals surface area (Å²) in [5, 5.41) is 9.03. The Kier molecular flexibility index (Phi) is 6.14. The molecule has 0 spiro atoms. The maximum absolute atomic E-state index is 12.1. The first-order valence-electron chi connectivity index (χ1n) is 7.70. The van der Waals surface area contributed by atoms with E-state index in [1.54, 1.807) is 0 Å². The van der Waals surface area contributed by atoms with Gasteiger partial charge in [0, 0.05) is 18.0 Å². The Morgan fingerprint density at radius 3 is 3.05 bits per heavy atom. The van der Waals surface area contributed by atoms with Gasteiger partial charge in [0.05, 0.1) is 12.2 Å². The van der Waals surface area contributed by atoms with Crippen molar-refractivity contribution in [1.29, 1.82) is 0 Å². The highest BCUT2D eigenvalue weighted by Gasteiger charge is 2.21. The summed E-state index contributed by atoms with van der Waals surface area (Å²) >= 11 is 1.48. The average Bonchev–Trinajstić information content (AvgIpc) is 2.82. The van der Waals surface area contributed by atoms with E-state index in [0.29, 0.717) is 23.6 Å². The van der Waals surface area contributed by atoms with E-state index in [-0.39, 0.29) is 5.91 Å². The number of hydrogen-bond acceptors (Lipinski definition) is 5. The molecule has 1 aliphatic rings. The van der Waals surface area contributed by atoms with Crippen molar-refractivity contribution in [3.05, 3.63) is 11.1 Å². The molecule has 1 aliphatic heterocycles. The SMILES string of the molecule is Cc1csc(NC(=O)CN2CCCC(CNC(C)C)C2)n1. The van der Waals surface area contributed by atoms with Gasteiger partial charge in [0.1, 0.15) is 0 Å². The molecule has 1 atom stereocenters. The van der Waals surface area contributed by atoms with Crippen LogP contribution in [0.1, 0.15) is 32.4 Å². The molecule has 1 saturated heterocycles. The summed E-state index contributed by atoms with van der Waals surface area (Å²) in [7, 11) is 0. The molecule has 0 bridgehead atoms. The van der Waals surface area contributed by atoms with Gasteiger partial charge in [-0.3, -0.25) is 9.69 Å². The Labute approximate surface area is 131 Å². The largest absolute Gasteiger partial charge is 0.314 e.